The lowest BCUT2D eigenvalue weighted by Gasteiger charge is -2.06. The summed E-state index contributed by atoms with van der Waals surface area (Å²) in [7, 11) is 0. The smallest absolute Gasteiger partial charge is 0.322 e. The predicted molar refractivity (Wildman–Crippen MR) is 29.3 cm³/mol. The molecule has 0 aromatic rings. The van der Waals surface area contributed by atoms with Gasteiger partial charge >= 0.3 is 6.18 Å². The summed E-state index contributed by atoms with van der Waals surface area (Å²) in [5, 5.41) is 0. The van der Waals surface area contributed by atoms with Crippen LogP contribution in [0.4, 0.5) is 13.2 Å². The van der Waals surface area contributed by atoms with Gasteiger partial charge < -0.3 is 10.5 Å². The average Bonchev–Trinajstić information content (AvgIpc) is 1.81. The summed E-state index contributed by atoms with van der Waals surface area (Å²) < 4.78 is 34.1. The van der Waals surface area contributed by atoms with E-state index in [4.69, 9.17) is 5.73 Å². The van der Waals surface area contributed by atoms with E-state index < -0.39 is 18.6 Å². The van der Waals surface area contributed by atoms with E-state index in [1.165, 1.54) is 0 Å². The maximum atomic E-state index is 11.4. The van der Waals surface area contributed by atoms with Crippen LogP contribution in [-0.2, 0) is 4.79 Å². The highest BCUT2D eigenvalue weighted by Gasteiger charge is 2.27. The maximum Gasteiger partial charge on any atom is 0.389 e. The second kappa shape index (κ2) is 3.55. The van der Waals surface area contributed by atoms with Gasteiger partial charge in [-0.05, 0) is 6.42 Å². The van der Waals surface area contributed by atoms with Gasteiger partial charge in [-0.25, -0.2) is 0 Å². The van der Waals surface area contributed by atoms with E-state index in [1.54, 1.807) is 0 Å². The zero-order valence-electron chi connectivity index (χ0n) is 5.19. The molecule has 2 N–H and O–H groups in total. The Kier molecular flexibility index (Phi) is 3.35. The van der Waals surface area contributed by atoms with Crippen molar-refractivity contribution in [1.82, 2.24) is 0 Å². The molecule has 0 aromatic carbocycles. The number of alkyl halides is 3. The molecule has 1 unspecified atom stereocenters. The van der Waals surface area contributed by atoms with E-state index in [-0.39, 0.29) is 6.42 Å². The minimum Gasteiger partial charge on any atom is -0.322 e. The van der Waals surface area contributed by atoms with Gasteiger partial charge in [0.15, 0.2) is 0 Å². The minimum absolute atomic E-state index is 0.311. The number of carbonyl (C=O) groups excluding carboxylic acids is 1. The van der Waals surface area contributed by atoms with Crippen LogP contribution in [0.2, 0.25) is 0 Å². The van der Waals surface area contributed by atoms with Crippen molar-refractivity contribution in [2.45, 2.75) is 25.1 Å². The van der Waals surface area contributed by atoms with Gasteiger partial charge in [-0.15, -0.1) is 0 Å². The standard InChI is InChI=1S/C5H8F3NO/c6-5(7,8)2-1-4(9)3-10/h3-4H,1-2,9H2. The second-order valence-electron chi connectivity index (χ2n) is 1.95. The Balaban J connectivity index is 3.45. The minimum atomic E-state index is -4.21. The van der Waals surface area contributed by atoms with E-state index >= 15 is 0 Å². The Morgan fingerprint density at radius 3 is 2.30 bits per heavy atom. The summed E-state index contributed by atoms with van der Waals surface area (Å²) in [5.41, 5.74) is 4.91. The normalized spacial score (nSPS) is 14.8. The lowest BCUT2D eigenvalue weighted by atomic mass is 10.2. The molecule has 0 saturated heterocycles. The summed E-state index contributed by atoms with van der Waals surface area (Å²) in [5.74, 6) is 0. The molecule has 5 heteroatoms. The molecule has 0 rings (SSSR count). The summed E-state index contributed by atoms with van der Waals surface area (Å²) >= 11 is 0. The van der Waals surface area contributed by atoms with Crippen LogP contribution in [0.15, 0.2) is 0 Å². The first-order valence-electron chi connectivity index (χ1n) is 2.73. The second-order valence-corrected chi connectivity index (χ2v) is 1.95. The van der Waals surface area contributed by atoms with Crippen molar-refractivity contribution in [2.24, 2.45) is 5.73 Å². The van der Waals surface area contributed by atoms with E-state index in [0.29, 0.717) is 6.29 Å². The summed E-state index contributed by atoms with van der Waals surface area (Å²) in [6.07, 6.45) is -5.22. The van der Waals surface area contributed by atoms with Crippen LogP contribution in [0.5, 0.6) is 0 Å². The number of aldehydes is 1. The molecule has 0 saturated carbocycles. The highest BCUT2D eigenvalue weighted by Crippen LogP contribution is 2.21. The molecular weight excluding hydrogens is 147 g/mol. The SMILES string of the molecule is NC(C=O)CCC(F)(F)F. The molecule has 0 aromatic heterocycles. The molecule has 0 aliphatic carbocycles. The third kappa shape index (κ3) is 5.55. The Hall–Kier alpha value is -0.580. The molecule has 0 heterocycles. The van der Waals surface area contributed by atoms with Crippen LogP contribution in [0.1, 0.15) is 12.8 Å². The van der Waals surface area contributed by atoms with Gasteiger partial charge in [-0.2, -0.15) is 13.2 Å². The molecule has 0 radical (unpaired) electrons. The number of hydrogen-bond donors (Lipinski definition) is 1. The molecule has 60 valence electrons. The van der Waals surface area contributed by atoms with Crippen molar-refractivity contribution in [3.63, 3.8) is 0 Å². The van der Waals surface area contributed by atoms with Gasteiger partial charge in [-0.3, -0.25) is 0 Å². The van der Waals surface area contributed by atoms with Gasteiger partial charge in [-0.1, -0.05) is 0 Å². The fourth-order valence-electron chi connectivity index (χ4n) is 0.398. The van der Waals surface area contributed by atoms with Crippen LogP contribution >= 0.6 is 0 Å². The van der Waals surface area contributed by atoms with Crippen LogP contribution in [0.25, 0.3) is 0 Å². The predicted octanol–water partition coefficient (Wildman–Crippen LogP) is 0.855. The first kappa shape index (κ1) is 9.42. The van der Waals surface area contributed by atoms with Crippen molar-refractivity contribution < 1.29 is 18.0 Å². The number of carbonyl (C=O) groups is 1. The van der Waals surface area contributed by atoms with Gasteiger partial charge in [0.25, 0.3) is 0 Å². The molecule has 0 spiro atoms. The number of nitrogens with two attached hydrogens (primary N) is 1. The molecule has 0 aliphatic heterocycles. The quantitative estimate of drug-likeness (QED) is 0.614. The van der Waals surface area contributed by atoms with Gasteiger partial charge in [0.2, 0.25) is 0 Å². The monoisotopic (exact) mass is 155 g/mol. The molecule has 0 bridgehead atoms. The van der Waals surface area contributed by atoms with E-state index in [1.807, 2.05) is 0 Å². The van der Waals surface area contributed by atoms with Gasteiger partial charge in [0, 0.05) is 6.42 Å². The summed E-state index contributed by atoms with van der Waals surface area (Å²) in [6.45, 7) is 0. The zero-order valence-corrected chi connectivity index (χ0v) is 5.19. The van der Waals surface area contributed by atoms with Crippen molar-refractivity contribution in [3.8, 4) is 0 Å². The molecule has 0 fully saturated rings. The first-order chi connectivity index (χ1) is 4.45. The Labute approximate surface area is 56.2 Å². The van der Waals surface area contributed by atoms with Crippen molar-refractivity contribution >= 4 is 6.29 Å². The summed E-state index contributed by atoms with van der Waals surface area (Å²) in [6, 6.07) is -0.985. The fraction of sp³-hybridized carbons (Fsp3) is 0.800. The average molecular weight is 155 g/mol. The van der Waals surface area contributed by atoms with E-state index in [0.717, 1.165) is 0 Å². The first-order valence-corrected chi connectivity index (χ1v) is 2.73. The maximum absolute atomic E-state index is 11.4. The van der Waals surface area contributed by atoms with Gasteiger partial charge in [0.05, 0.1) is 6.04 Å². The van der Waals surface area contributed by atoms with Crippen LogP contribution in [0, 0.1) is 0 Å². The van der Waals surface area contributed by atoms with Crippen molar-refractivity contribution in [3.05, 3.63) is 0 Å². The molecule has 2 nitrogen and oxygen atoms in total. The van der Waals surface area contributed by atoms with E-state index in [9.17, 15) is 18.0 Å². The third-order valence-corrected chi connectivity index (χ3v) is 0.936. The largest absolute Gasteiger partial charge is 0.389 e. The molecule has 1 atom stereocenters. The lowest BCUT2D eigenvalue weighted by molar-refractivity contribution is -0.136. The number of halogens is 3. The summed E-state index contributed by atoms with van der Waals surface area (Å²) in [4.78, 5) is 9.73. The lowest BCUT2D eigenvalue weighted by Crippen LogP contribution is -2.24. The topological polar surface area (TPSA) is 43.1 Å². The highest BCUT2D eigenvalue weighted by atomic mass is 19.4. The fourth-order valence-corrected chi connectivity index (χ4v) is 0.398. The van der Waals surface area contributed by atoms with Crippen LogP contribution < -0.4 is 5.73 Å². The molecule has 0 aliphatic rings. The van der Waals surface area contributed by atoms with Crippen molar-refractivity contribution in [2.75, 3.05) is 0 Å². The Morgan fingerprint density at radius 2 is 2.00 bits per heavy atom. The van der Waals surface area contributed by atoms with E-state index in [2.05, 4.69) is 0 Å². The van der Waals surface area contributed by atoms with Gasteiger partial charge in [0.1, 0.15) is 6.29 Å². The van der Waals surface area contributed by atoms with Crippen LogP contribution in [0.3, 0.4) is 0 Å². The number of hydrogen-bond acceptors (Lipinski definition) is 2. The molecule has 10 heavy (non-hydrogen) atoms. The molecule has 0 amide bonds. The third-order valence-electron chi connectivity index (χ3n) is 0.936. The Bertz CT molecular complexity index is 112. The number of rotatable bonds is 3. The Morgan fingerprint density at radius 1 is 1.50 bits per heavy atom. The highest BCUT2D eigenvalue weighted by molar-refractivity contribution is 5.56. The zero-order chi connectivity index (χ0) is 8.20. The van der Waals surface area contributed by atoms with Crippen LogP contribution in [-0.4, -0.2) is 18.5 Å². The molecular formula is C5H8F3NO. The van der Waals surface area contributed by atoms with Crippen molar-refractivity contribution in [1.29, 1.82) is 0 Å².